The Hall–Kier alpha value is -1.35. The predicted molar refractivity (Wildman–Crippen MR) is 67.3 cm³/mol. The lowest BCUT2D eigenvalue weighted by Crippen LogP contribution is -2.52. The van der Waals surface area contributed by atoms with E-state index in [1.54, 1.807) is 32.4 Å². The van der Waals surface area contributed by atoms with Crippen LogP contribution in [0.15, 0.2) is 0 Å². The summed E-state index contributed by atoms with van der Waals surface area (Å²) >= 11 is 0. The highest BCUT2D eigenvalue weighted by molar-refractivity contribution is 7.88. The molecule has 0 rings (SSSR count). The van der Waals surface area contributed by atoms with Crippen LogP contribution in [0.25, 0.3) is 0 Å². The quantitative estimate of drug-likeness (QED) is 0.398. The van der Waals surface area contributed by atoms with Crippen molar-refractivity contribution in [1.82, 2.24) is 9.44 Å². The SMILES string of the molecule is CC(C)OC(=O)NS(=O)(=O)NC(C(=N)N)C(C)C. The van der Waals surface area contributed by atoms with Crippen molar-refractivity contribution in [2.45, 2.75) is 39.8 Å². The first-order valence-electron chi connectivity index (χ1n) is 5.39. The van der Waals surface area contributed by atoms with Crippen molar-refractivity contribution in [2.24, 2.45) is 11.7 Å². The van der Waals surface area contributed by atoms with Gasteiger partial charge in [-0.1, -0.05) is 13.8 Å². The molecule has 1 unspecified atom stereocenters. The molecule has 18 heavy (non-hydrogen) atoms. The van der Waals surface area contributed by atoms with Gasteiger partial charge < -0.3 is 10.5 Å². The smallest absolute Gasteiger partial charge is 0.422 e. The van der Waals surface area contributed by atoms with E-state index in [1.165, 1.54) is 0 Å². The molecule has 0 aromatic carbocycles. The Labute approximate surface area is 107 Å². The van der Waals surface area contributed by atoms with Gasteiger partial charge in [0.2, 0.25) is 0 Å². The minimum Gasteiger partial charge on any atom is -0.446 e. The molecule has 0 saturated heterocycles. The summed E-state index contributed by atoms with van der Waals surface area (Å²) in [5.74, 6) is -0.548. The first-order valence-corrected chi connectivity index (χ1v) is 6.88. The molecule has 1 amide bonds. The van der Waals surface area contributed by atoms with Gasteiger partial charge >= 0.3 is 16.3 Å². The van der Waals surface area contributed by atoms with E-state index in [0.717, 1.165) is 0 Å². The van der Waals surface area contributed by atoms with Crippen molar-refractivity contribution >= 4 is 22.1 Å². The van der Waals surface area contributed by atoms with E-state index in [9.17, 15) is 13.2 Å². The fourth-order valence-corrected chi connectivity index (χ4v) is 2.16. The lowest BCUT2D eigenvalue weighted by Gasteiger charge is -2.20. The number of nitrogens with two attached hydrogens (primary N) is 1. The first-order chi connectivity index (χ1) is 8.05. The van der Waals surface area contributed by atoms with E-state index in [4.69, 9.17) is 11.1 Å². The Morgan fingerprint density at radius 1 is 1.28 bits per heavy atom. The van der Waals surface area contributed by atoms with Crippen molar-refractivity contribution in [3.8, 4) is 0 Å². The molecule has 5 N–H and O–H groups in total. The summed E-state index contributed by atoms with van der Waals surface area (Å²) in [6, 6.07) is -0.880. The molecule has 0 aromatic heterocycles. The molecule has 0 aliphatic carbocycles. The summed E-state index contributed by atoms with van der Waals surface area (Å²) in [5, 5.41) is 7.26. The summed E-state index contributed by atoms with van der Waals surface area (Å²) in [5.41, 5.74) is 5.27. The molecule has 0 aliphatic heterocycles. The zero-order chi connectivity index (χ0) is 14.5. The van der Waals surface area contributed by atoms with Crippen LogP contribution in [0.1, 0.15) is 27.7 Å². The Morgan fingerprint density at radius 2 is 1.78 bits per heavy atom. The van der Waals surface area contributed by atoms with Gasteiger partial charge in [-0.15, -0.1) is 0 Å². The molecular weight excluding hydrogens is 260 g/mol. The monoisotopic (exact) mass is 280 g/mol. The second-order valence-electron chi connectivity index (χ2n) is 4.35. The number of hydrogen-bond acceptors (Lipinski definition) is 5. The summed E-state index contributed by atoms with van der Waals surface area (Å²) in [6.07, 6.45) is -1.52. The number of rotatable bonds is 6. The molecule has 106 valence electrons. The predicted octanol–water partition coefficient (Wildman–Crippen LogP) is -0.0840. The van der Waals surface area contributed by atoms with Crippen LogP contribution in [-0.4, -0.2) is 32.5 Å². The minimum atomic E-state index is -4.11. The lowest BCUT2D eigenvalue weighted by molar-refractivity contribution is 0.121. The van der Waals surface area contributed by atoms with Crippen LogP contribution >= 0.6 is 0 Å². The van der Waals surface area contributed by atoms with Crippen molar-refractivity contribution in [1.29, 1.82) is 5.41 Å². The second-order valence-corrected chi connectivity index (χ2v) is 5.80. The van der Waals surface area contributed by atoms with Crippen LogP contribution in [0.3, 0.4) is 0 Å². The third-order valence-corrected chi connectivity index (χ3v) is 2.84. The van der Waals surface area contributed by atoms with Gasteiger partial charge in [0, 0.05) is 0 Å². The van der Waals surface area contributed by atoms with Gasteiger partial charge in [-0.25, -0.2) is 9.52 Å². The molecule has 8 nitrogen and oxygen atoms in total. The van der Waals surface area contributed by atoms with Gasteiger partial charge in [0.05, 0.1) is 12.1 Å². The highest BCUT2D eigenvalue weighted by Gasteiger charge is 2.25. The molecule has 0 fully saturated rings. The van der Waals surface area contributed by atoms with Crippen LogP contribution in [-0.2, 0) is 14.9 Å². The second kappa shape index (κ2) is 6.55. The van der Waals surface area contributed by atoms with Crippen molar-refractivity contribution < 1.29 is 17.9 Å². The normalized spacial score (nSPS) is 13.4. The van der Waals surface area contributed by atoms with E-state index in [0.29, 0.717) is 0 Å². The molecule has 0 aliphatic rings. The molecule has 1 atom stereocenters. The van der Waals surface area contributed by atoms with Crippen LogP contribution in [0.2, 0.25) is 0 Å². The van der Waals surface area contributed by atoms with Crippen molar-refractivity contribution in [3.63, 3.8) is 0 Å². The van der Waals surface area contributed by atoms with E-state index in [1.807, 2.05) is 0 Å². The molecule has 0 saturated carbocycles. The number of amidine groups is 1. The fourth-order valence-electron chi connectivity index (χ4n) is 1.10. The molecule has 0 aromatic rings. The minimum absolute atomic E-state index is 0.222. The maximum Gasteiger partial charge on any atom is 0.422 e. The molecule has 0 radical (unpaired) electrons. The van der Waals surface area contributed by atoms with Gasteiger partial charge in [-0.3, -0.25) is 5.41 Å². The van der Waals surface area contributed by atoms with Gasteiger partial charge in [0.15, 0.2) is 0 Å². The maximum atomic E-state index is 11.6. The molecular formula is C9H20N4O4S. The summed E-state index contributed by atoms with van der Waals surface area (Å²) < 4.78 is 31.6. The third kappa shape index (κ3) is 6.40. The largest absolute Gasteiger partial charge is 0.446 e. The van der Waals surface area contributed by atoms with Gasteiger partial charge in [0.25, 0.3) is 0 Å². The highest BCUT2D eigenvalue weighted by atomic mass is 32.2. The Bertz CT molecular complexity index is 405. The van der Waals surface area contributed by atoms with Crippen LogP contribution in [0.4, 0.5) is 4.79 Å². The highest BCUT2D eigenvalue weighted by Crippen LogP contribution is 2.02. The van der Waals surface area contributed by atoms with Crippen LogP contribution in [0.5, 0.6) is 0 Å². The Balaban J connectivity index is 4.65. The van der Waals surface area contributed by atoms with E-state index in [2.05, 4.69) is 9.46 Å². The van der Waals surface area contributed by atoms with Gasteiger partial charge in [0.1, 0.15) is 5.84 Å². The Morgan fingerprint density at radius 3 is 2.11 bits per heavy atom. The maximum absolute atomic E-state index is 11.6. The number of carbonyl (C=O) groups excluding carboxylic acids is 1. The number of carbonyl (C=O) groups is 1. The third-order valence-electron chi connectivity index (χ3n) is 1.84. The summed E-state index contributed by atoms with van der Waals surface area (Å²) in [7, 11) is -4.11. The fraction of sp³-hybridized carbons (Fsp3) is 0.778. The first kappa shape index (κ1) is 16.6. The van der Waals surface area contributed by atoms with Crippen LogP contribution in [0, 0.1) is 11.3 Å². The lowest BCUT2D eigenvalue weighted by atomic mass is 10.1. The van der Waals surface area contributed by atoms with E-state index >= 15 is 0 Å². The number of ether oxygens (including phenoxy) is 1. The average Bonchev–Trinajstić information content (AvgIpc) is 2.10. The number of nitrogens with one attached hydrogen (secondary N) is 3. The van der Waals surface area contributed by atoms with Crippen molar-refractivity contribution in [3.05, 3.63) is 0 Å². The van der Waals surface area contributed by atoms with Crippen LogP contribution < -0.4 is 15.2 Å². The molecule has 9 heteroatoms. The Kier molecular flexibility index (Phi) is 6.06. The summed E-state index contributed by atoms with van der Waals surface area (Å²) in [4.78, 5) is 11.2. The number of amides is 1. The summed E-state index contributed by atoms with van der Waals surface area (Å²) in [6.45, 7) is 6.57. The molecule has 0 bridgehead atoms. The molecule has 0 spiro atoms. The van der Waals surface area contributed by atoms with Gasteiger partial charge in [-0.2, -0.15) is 13.1 Å². The van der Waals surface area contributed by atoms with E-state index < -0.39 is 28.4 Å². The zero-order valence-corrected chi connectivity index (χ0v) is 11.7. The topological polar surface area (TPSA) is 134 Å². The van der Waals surface area contributed by atoms with E-state index in [-0.39, 0.29) is 11.8 Å². The standard InChI is InChI=1S/C9H20N4O4S/c1-5(2)7(8(10)11)12-18(15,16)13-9(14)17-6(3)4/h5-7,12H,1-4H3,(H3,10,11)(H,13,14). The average molecular weight is 280 g/mol. The number of hydrogen-bond donors (Lipinski definition) is 4. The van der Waals surface area contributed by atoms with Gasteiger partial charge in [-0.05, 0) is 19.8 Å². The zero-order valence-electron chi connectivity index (χ0n) is 10.9. The molecule has 0 heterocycles. The van der Waals surface area contributed by atoms with Crippen molar-refractivity contribution in [2.75, 3.05) is 0 Å².